The van der Waals surface area contributed by atoms with Crippen molar-refractivity contribution in [2.24, 2.45) is 10.4 Å². The van der Waals surface area contributed by atoms with Gasteiger partial charge in [0.25, 0.3) is 0 Å². The lowest BCUT2D eigenvalue weighted by atomic mass is 9.51. The van der Waals surface area contributed by atoms with E-state index in [-0.39, 0.29) is 17.9 Å². The first-order chi connectivity index (χ1) is 11.0. The van der Waals surface area contributed by atoms with Crippen LogP contribution in [0.2, 0.25) is 0 Å². The van der Waals surface area contributed by atoms with Gasteiger partial charge in [0.15, 0.2) is 5.96 Å². The largest absolute Gasteiger partial charge is 0.378 e. The summed E-state index contributed by atoms with van der Waals surface area (Å²) in [7, 11) is 3.51. The van der Waals surface area contributed by atoms with Crippen molar-refractivity contribution in [1.82, 2.24) is 15.5 Å². The molecule has 2 unspecified atom stereocenters. The maximum atomic E-state index is 11.8. The van der Waals surface area contributed by atoms with Gasteiger partial charge in [-0.3, -0.25) is 4.79 Å². The van der Waals surface area contributed by atoms with Crippen LogP contribution in [0.15, 0.2) is 4.99 Å². The van der Waals surface area contributed by atoms with Crippen LogP contribution in [0.4, 0.5) is 0 Å². The monoisotopic (exact) mass is 324 g/mol. The molecule has 0 aromatic carbocycles. The van der Waals surface area contributed by atoms with E-state index in [4.69, 9.17) is 4.74 Å². The maximum Gasteiger partial charge on any atom is 0.243 e. The molecule has 23 heavy (non-hydrogen) atoms. The summed E-state index contributed by atoms with van der Waals surface area (Å²) >= 11 is 0. The number of ether oxygens (including phenoxy) is 1. The Morgan fingerprint density at radius 3 is 2.61 bits per heavy atom. The summed E-state index contributed by atoms with van der Waals surface area (Å²) in [5.41, 5.74) is 0.288. The number of likely N-dealkylation sites (N-methyl/N-ethyl adjacent to an activating group) is 1. The number of amides is 1. The Balaban J connectivity index is 1.95. The summed E-state index contributed by atoms with van der Waals surface area (Å²) in [4.78, 5) is 17.8. The molecule has 0 aliphatic heterocycles. The molecular weight excluding hydrogens is 292 g/mol. The molecule has 0 saturated heterocycles. The maximum absolute atomic E-state index is 11.8. The van der Waals surface area contributed by atoms with E-state index in [0.717, 1.165) is 32.0 Å². The Bertz CT molecular complexity index is 432. The highest BCUT2D eigenvalue weighted by Crippen LogP contribution is 2.57. The molecule has 1 spiro atoms. The van der Waals surface area contributed by atoms with E-state index in [1.165, 1.54) is 19.3 Å². The van der Waals surface area contributed by atoms with Gasteiger partial charge in [0.1, 0.15) is 6.54 Å². The molecule has 0 aromatic rings. The van der Waals surface area contributed by atoms with Gasteiger partial charge in [0.2, 0.25) is 5.91 Å². The quantitative estimate of drug-likeness (QED) is 0.548. The van der Waals surface area contributed by atoms with E-state index in [0.29, 0.717) is 12.1 Å². The zero-order chi connectivity index (χ0) is 16.9. The summed E-state index contributed by atoms with van der Waals surface area (Å²) in [5.74, 6) is 0.773. The van der Waals surface area contributed by atoms with E-state index in [9.17, 15) is 4.79 Å². The number of hydrogen-bond donors (Lipinski definition) is 2. The Morgan fingerprint density at radius 1 is 1.35 bits per heavy atom. The number of carbonyl (C=O) groups excluding carboxylic acids is 1. The van der Waals surface area contributed by atoms with Crippen molar-refractivity contribution in [2.75, 3.05) is 33.8 Å². The van der Waals surface area contributed by atoms with Gasteiger partial charge in [-0.25, -0.2) is 4.99 Å². The zero-order valence-electron chi connectivity index (χ0n) is 15.0. The first kappa shape index (κ1) is 18.0. The summed E-state index contributed by atoms with van der Waals surface area (Å²) in [6, 6.07) is 0.408. The molecule has 0 bridgehead atoms. The van der Waals surface area contributed by atoms with E-state index < -0.39 is 0 Å². The molecule has 132 valence electrons. The van der Waals surface area contributed by atoms with Gasteiger partial charge < -0.3 is 20.3 Å². The van der Waals surface area contributed by atoms with Crippen LogP contribution in [-0.2, 0) is 9.53 Å². The number of nitrogens with zero attached hydrogens (tertiary/aromatic N) is 2. The van der Waals surface area contributed by atoms with Crippen molar-refractivity contribution >= 4 is 11.9 Å². The molecule has 0 heterocycles. The Hall–Kier alpha value is -1.30. The second-order valence-corrected chi connectivity index (χ2v) is 6.84. The fraction of sp³-hybridized carbons (Fsp3) is 0.882. The molecule has 0 aromatic heterocycles. The fourth-order valence-corrected chi connectivity index (χ4v) is 3.49. The second-order valence-electron chi connectivity index (χ2n) is 6.84. The van der Waals surface area contributed by atoms with Crippen LogP contribution in [0.1, 0.15) is 46.0 Å². The van der Waals surface area contributed by atoms with Crippen molar-refractivity contribution in [1.29, 1.82) is 0 Å². The topological polar surface area (TPSA) is 66.0 Å². The fourth-order valence-electron chi connectivity index (χ4n) is 3.49. The Kier molecular flexibility index (Phi) is 6.27. The summed E-state index contributed by atoms with van der Waals surface area (Å²) in [6.07, 6.45) is 6.19. The van der Waals surface area contributed by atoms with Crippen LogP contribution in [0.5, 0.6) is 0 Å². The summed E-state index contributed by atoms with van der Waals surface area (Å²) in [6.45, 7) is 6.01. The minimum Gasteiger partial charge on any atom is -0.378 e. The second kappa shape index (κ2) is 7.99. The van der Waals surface area contributed by atoms with E-state index >= 15 is 0 Å². The lowest BCUT2D eigenvalue weighted by molar-refractivity contribution is -0.168. The number of nitrogens with one attached hydrogen (secondary N) is 2. The van der Waals surface area contributed by atoms with Gasteiger partial charge in [-0.05, 0) is 32.6 Å². The zero-order valence-corrected chi connectivity index (χ0v) is 15.0. The van der Waals surface area contributed by atoms with Gasteiger partial charge in [0.05, 0.1) is 6.10 Å². The lowest BCUT2D eigenvalue weighted by Crippen LogP contribution is -2.68. The molecule has 2 atom stereocenters. The smallest absolute Gasteiger partial charge is 0.243 e. The highest BCUT2D eigenvalue weighted by molar-refractivity contribution is 5.85. The van der Waals surface area contributed by atoms with Crippen LogP contribution in [0.3, 0.4) is 0 Å². The van der Waals surface area contributed by atoms with Crippen molar-refractivity contribution in [2.45, 2.75) is 58.1 Å². The minimum absolute atomic E-state index is 0.0155. The minimum atomic E-state index is 0.0155. The Labute approximate surface area is 140 Å². The lowest BCUT2D eigenvalue weighted by Gasteiger charge is -2.61. The van der Waals surface area contributed by atoms with E-state index in [2.05, 4.69) is 29.5 Å². The number of rotatable bonds is 7. The molecule has 2 saturated carbocycles. The predicted molar refractivity (Wildman–Crippen MR) is 92.5 cm³/mol. The van der Waals surface area contributed by atoms with Crippen LogP contribution in [0, 0.1) is 5.41 Å². The molecule has 2 rings (SSSR count). The first-order valence-electron chi connectivity index (χ1n) is 8.90. The standard InChI is InChI=1S/C17H32N4O2/c1-5-10-18-16(19-12-15(22)21(3)4)20-13-11-14(23-6-2)17(13)8-7-9-17/h13-14H,5-12H2,1-4H3,(H2,18,19,20). The normalized spacial score (nSPS) is 25.5. The van der Waals surface area contributed by atoms with Gasteiger partial charge >= 0.3 is 0 Å². The molecule has 6 heteroatoms. The SMILES string of the molecule is CCCNC(=NCC(=O)N(C)C)NC1CC(OCC)C12CCC2. The van der Waals surface area contributed by atoms with Crippen LogP contribution in [0.25, 0.3) is 0 Å². The summed E-state index contributed by atoms with van der Waals surface area (Å²) < 4.78 is 5.90. The molecule has 1 amide bonds. The third kappa shape index (κ3) is 3.97. The third-order valence-corrected chi connectivity index (χ3v) is 5.16. The van der Waals surface area contributed by atoms with Crippen LogP contribution >= 0.6 is 0 Å². The number of carbonyl (C=O) groups is 1. The summed E-state index contributed by atoms with van der Waals surface area (Å²) in [5, 5.41) is 6.87. The predicted octanol–water partition coefficient (Wildman–Crippen LogP) is 1.37. The third-order valence-electron chi connectivity index (χ3n) is 5.16. The van der Waals surface area contributed by atoms with Gasteiger partial charge in [-0.15, -0.1) is 0 Å². The van der Waals surface area contributed by atoms with Crippen molar-refractivity contribution < 1.29 is 9.53 Å². The molecule has 2 aliphatic rings. The average Bonchev–Trinajstić information content (AvgIpc) is 2.45. The highest BCUT2D eigenvalue weighted by atomic mass is 16.5. The molecule has 2 aliphatic carbocycles. The number of aliphatic imine (C=N–C) groups is 1. The van der Waals surface area contributed by atoms with Crippen molar-refractivity contribution in [3.05, 3.63) is 0 Å². The number of hydrogen-bond acceptors (Lipinski definition) is 3. The highest BCUT2D eigenvalue weighted by Gasteiger charge is 2.59. The van der Waals surface area contributed by atoms with Crippen LogP contribution in [-0.4, -0.2) is 62.7 Å². The van der Waals surface area contributed by atoms with Gasteiger partial charge in [-0.1, -0.05) is 13.3 Å². The Morgan fingerprint density at radius 2 is 2.09 bits per heavy atom. The molecular formula is C17H32N4O2. The van der Waals surface area contributed by atoms with E-state index in [1.807, 2.05) is 0 Å². The van der Waals surface area contributed by atoms with E-state index in [1.54, 1.807) is 19.0 Å². The van der Waals surface area contributed by atoms with Crippen molar-refractivity contribution in [3.8, 4) is 0 Å². The molecule has 0 radical (unpaired) electrons. The molecule has 2 fully saturated rings. The first-order valence-corrected chi connectivity index (χ1v) is 8.90. The number of guanidine groups is 1. The van der Waals surface area contributed by atoms with Crippen molar-refractivity contribution in [3.63, 3.8) is 0 Å². The van der Waals surface area contributed by atoms with Crippen LogP contribution < -0.4 is 10.6 Å². The van der Waals surface area contributed by atoms with Gasteiger partial charge in [0, 0.05) is 38.7 Å². The molecule has 2 N–H and O–H groups in total. The molecule has 6 nitrogen and oxygen atoms in total. The average molecular weight is 324 g/mol. The van der Waals surface area contributed by atoms with Gasteiger partial charge in [-0.2, -0.15) is 0 Å².